The van der Waals surface area contributed by atoms with E-state index in [1.807, 2.05) is 0 Å². The van der Waals surface area contributed by atoms with Crippen LogP contribution >= 0.6 is 11.6 Å². The summed E-state index contributed by atoms with van der Waals surface area (Å²) in [4.78, 5) is 24.6. The van der Waals surface area contributed by atoms with Gasteiger partial charge in [0, 0.05) is 17.8 Å². The Kier molecular flexibility index (Phi) is 6.61. The fourth-order valence-electron chi connectivity index (χ4n) is 10.9. The first-order valence-corrected chi connectivity index (χ1v) is 14.5. The largest absolute Gasteiger partial charge is 0.462 e. The minimum Gasteiger partial charge on any atom is -0.462 e. The molecule has 0 aromatic rings. The van der Waals surface area contributed by atoms with Crippen molar-refractivity contribution < 1.29 is 14.3 Å². The van der Waals surface area contributed by atoms with Gasteiger partial charge in [-0.2, -0.15) is 0 Å². The minimum absolute atomic E-state index is 0.00106. The standard InChI is InChI=1S/C30H49ClO3/c1-9-14-30(25(31)33)18-17-28(7)21(19(30)2)10-11-23-27(6)15-13-24(34-20(3)32)26(4,5)22(27)12-16-29(23,28)8/h19,21-24H,9-18H2,1-8H3/t19?,21?,22-,23+,24?,27?,28+,29?,30?/m0/s1. The Morgan fingerprint density at radius 3 is 2.15 bits per heavy atom. The number of fused-ring (bicyclic) bond motifs is 5. The summed E-state index contributed by atoms with van der Waals surface area (Å²) in [6.07, 6.45) is 11.1. The highest BCUT2D eigenvalue weighted by molar-refractivity contribution is 6.64. The van der Waals surface area contributed by atoms with Crippen molar-refractivity contribution in [2.75, 3.05) is 0 Å². The molecule has 0 saturated heterocycles. The third-order valence-corrected chi connectivity index (χ3v) is 13.2. The van der Waals surface area contributed by atoms with E-state index in [1.165, 1.54) is 25.7 Å². The summed E-state index contributed by atoms with van der Waals surface area (Å²) >= 11 is 6.36. The van der Waals surface area contributed by atoms with Gasteiger partial charge in [0.15, 0.2) is 0 Å². The average Bonchev–Trinajstić information content (AvgIpc) is 2.73. The summed E-state index contributed by atoms with van der Waals surface area (Å²) in [7, 11) is 0. The SMILES string of the molecule is CCCC1(C(=O)Cl)CC[C@]2(C)C(CC[C@@H]3C4(C)CCC(OC(C)=O)C(C)(C)[C@@H]4CCC32C)C1C. The van der Waals surface area contributed by atoms with Crippen molar-refractivity contribution in [2.24, 2.45) is 50.7 Å². The third-order valence-electron chi connectivity index (χ3n) is 12.8. The first-order chi connectivity index (χ1) is 15.7. The van der Waals surface area contributed by atoms with Crippen molar-refractivity contribution in [1.82, 2.24) is 0 Å². The smallest absolute Gasteiger partial charge is 0.302 e. The van der Waals surface area contributed by atoms with Crippen LogP contribution < -0.4 is 0 Å². The van der Waals surface area contributed by atoms with Gasteiger partial charge in [0.2, 0.25) is 5.24 Å². The highest BCUT2D eigenvalue weighted by Crippen LogP contribution is 2.76. The lowest BCUT2D eigenvalue weighted by Gasteiger charge is -2.72. The molecule has 0 amide bonds. The molecule has 9 atom stereocenters. The lowest BCUT2D eigenvalue weighted by Crippen LogP contribution is -2.67. The fourth-order valence-corrected chi connectivity index (χ4v) is 11.3. The minimum atomic E-state index is -0.338. The quantitative estimate of drug-likeness (QED) is 0.293. The topological polar surface area (TPSA) is 43.4 Å². The molecule has 0 N–H and O–H groups in total. The van der Waals surface area contributed by atoms with Crippen molar-refractivity contribution in [1.29, 1.82) is 0 Å². The molecule has 4 aliphatic carbocycles. The maximum Gasteiger partial charge on any atom is 0.302 e. The van der Waals surface area contributed by atoms with Crippen LogP contribution in [0.3, 0.4) is 0 Å². The van der Waals surface area contributed by atoms with Gasteiger partial charge in [-0.1, -0.05) is 54.9 Å². The summed E-state index contributed by atoms with van der Waals surface area (Å²) in [5, 5.41) is -0.0858. The van der Waals surface area contributed by atoms with Gasteiger partial charge in [-0.3, -0.25) is 9.59 Å². The van der Waals surface area contributed by atoms with Gasteiger partial charge in [0.1, 0.15) is 6.10 Å². The Labute approximate surface area is 213 Å². The summed E-state index contributed by atoms with van der Waals surface area (Å²) in [5.74, 6) is 2.00. The molecule has 4 rings (SSSR count). The van der Waals surface area contributed by atoms with E-state index >= 15 is 0 Å². The van der Waals surface area contributed by atoms with E-state index in [4.69, 9.17) is 16.3 Å². The van der Waals surface area contributed by atoms with Crippen molar-refractivity contribution in [3.63, 3.8) is 0 Å². The van der Waals surface area contributed by atoms with Crippen LogP contribution in [0.15, 0.2) is 0 Å². The number of esters is 1. The molecule has 34 heavy (non-hydrogen) atoms. The predicted octanol–water partition coefficient (Wildman–Crippen LogP) is 8.18. The molecule has 6 unspecified atom stereocenters. The van der Waals surface area contributed by atoms with Crippen molar-refractivity contribution in [3.8, 4) is 0 Å². The Morgan fingerprint density at radius 1 is 0.882 bits per heavy atom. The normalized spacial score (nSPS) is 49.9. The van der Waals surface area contributed by atoms with E-state index in [0.29, 0.717) is 23.7 Å². The van der Waals surface area contributed by atoms with Gasteiger partial charge >= 0.3 is 5.97 Å². The summed E-state index contributed by atoms with van der Waals surface area (Å²) in [6.45, 7) is 18.6. The van der Waals surface area contributed by atoms with Crippen molar-refractivity contribution in [2.45, 2.75) is 126 Å². The maximum atomic E-state index is 12.8. The van der Waals surface area contributed by atoms with E-state index in [2.05, 4.69) is 48.5 Å². The van der Waals surface area contributed by atoms with E-state index in [1.54, 1.807) is 6.92 Å². The fraction of sp³-hybridized carbons (Fsp3) is 0.933. The molecule has 194 valence electrons. The molecule has 0 bridgehead atoms. The second-order valence-electron chi connectivity index (χ2n) is 14.1. The lowest BCUT2D eigenvalue weighted by molar-refractivity contribution is -0.247. The van der Waals surface area contributed by atoms with Gasteiger partial charge in [-0.05, 0) is 109 Å². The molecule has 4 aliphatic rings. The van der Waals surface area contributed by atoms with E-state index in [-0.39, 0.29) is 44.4 Å². The predicted molar refractivity (Wildman–Crippen MR) is 138 cm³/mol. The van der Waals surface area contributed by atoms with Crippen LogP contribution in [-0.2, 0) is 14.3 Å². The number of hydrogen-bond donors (Lipinski definition) is 0. The van der Waals surface area contributed by atoms with Crippen LogP contribution in [0, 0.1) is 50.7 Å². The van der Waals surface area contributed by atoms with Crippen LogP contribution in [0.25, 0.3) is 0 Å². The Bertz CT molecular complexity index is 837. The zero-order chi connectivity index (χ0) is 25.3. The molecule has 0 heterocycles. The molecule has 4 saturated carbocycles. The Hall–Kier alpha value is -0.570. The second kappa shape index (κ2) is 8.49. The van der Waals surface area contributed by atoms with Gasteiger partial charge in [-0.25, -0.2) is 0 Å². The molecular formula is C30H49ClO3. The monoisotopic (exact) mass is 492 g/mol. The third kappa shape index (κ3) is 3.41. The van der Waals surface area contributed by atoms with Crippen LogP contribution in [0.1, 0.15) is 120 Å². The number of ether oxygens (including phenoxy) is 1. The van der Waals surface area contributed by atoms with E-state index in [0.717, 1.165) is 38.5 Å². The molecule has 0 aromatic heterocycles. The van der Waals surface area contributed by atoms with Gasteiger partial charge in [0.05, 0.1) is 0 Å². The Balaban J connectivity index is 1.68. The summed E-state index contributed by atoms with van der Waals surface area (Å²) in [5.41, 5.74) is 0.440. The zero-order valence-electron chi connectivity index (χ0n) is 23.1. The molecule has 4 fully saturated rings. The molecule has 3 nitrogen and oxygen atoms in total. The number of hydrogen-bond acceptors (Lipinski definition) is 3. The highest BCUT2D eigenvalue weighted by Gasteiger charge is 2.69. The number of rotatable bonds is 4. The second-order valence-corrected chi connectivity index (χ2v) is 14.4. The maximum absolute atomic E-state index is 12.8. The van der Waals surface area contributed by atoms with Crippen LogP contribution in [0.5, 0.6) is 0 Å². The molecule has 0 aromatic carbocycles. The molecule has 0 radical (unpaired) electrons. The van der Waals surface area contributed by atoms with Crippen molar-refractivity contribution >= 4 is 22.8 Å². The van der Waals surface area contributed by atoms with Crippen molar-refractivity contribution in [3.05, 3.63) is 0 Å². The summed E-state index contributed by atoms with van der Waals surface area (Å²) in [6, 6.07) is 0. The molecule has 0 aliphatic heterocycles. The van der Waals surface area contributed by atoms with Crippen LogP contribution in [-0.4, -0.2) is 17.3 Å². The number of carbonyl (C=O) groups excluding carboxylic acids is 2. The van der Waals surface area contributed by atoms with Crippen LogP contribution in [0.2, 0.25) is 0 Å². The van der Waals surface area contributed by atoms with Gasteiger partial charge in [-0.15, -0.1) is 0 Å². The summed E-state index contributed by atoms with van der Waals surface area (Å²) < 4.78 is 5.87. The lowest BCUT2D eigenvalue weighted by atomic mass is 9.32. The van der Waals surface area contributed by atoms with Crippen LogP contribution in [0.4, 0.5) is 0 Å². The average molecular weight is 493 g/mol. The molecular weight excluding hydrogens is 444 g/mol. The van der Waals surface area contributed by atoms with Gasteiger partial charge in [0.25, 0.3) is 0 Å². The first kappa shape index (κ1) is 26.5. The van der Waals surface area contributed by atoms with E-state index < -0.39 is 0 Å². The zero-order valence-corrected chi connectivity index (χ0v) is 23.8. The van der Waals surface area contributed by atoms with Gasteiger partial charge < -0.3 is 4.74 Å². The number of halogens is 1. The number of carbonyl (C=O) groups is 2. The Morgan fingerprint density at radius 2 is 1.56 bits per heavy atom. The molecule has 0 spiro atoms. The first-order valence-electron chi connectivity index (χ1n) is 14.1. The molecule has 4 heteroatoms. The van der Waals surface area contributed by atoms with E-state index in [9.17, 15) is 9.59 Å². The highest BCUT2D eigenvalue weighted by atomic mass is 35.5.